The average molecular weight is 438 g/mol. The molecular formula is C21H25F2N3O3S. The molecule has 2 aromatic carbocycles. The van der Waals surface area contributed by atoms with Gasteiger partial charge >= 0.3 is 0 Å². The van der Waals surface area contributed by atoms with Crippen LogP contribution in [0.3, 0.4) is 0 Å². The largest absolute Gasteiger partial charge is 0.322 e. The van der Waals surface area contributed by atoms with Crippen molar-refractivity contribution >= 4 is 21.6 Å². The molecule has 0 aliphatic carbocycles. The lowest BCUT2D eigenvalue weighted by Gasteiger charge is -2.36. The van der Waals surface area contributed by atoms with Gasteiger partial charge in [-0.15, -0.1) is 0 Å². The van der Waals surface area contributed by atoms with Gasteiger partial charge < -0.3 is 5.32 Å². The molecule has 0 bridgehead atoms. The summed E-state index contributed by atoms with van der Waals surface area (Å²) in [4.78, 5) is 14.6. The molecule has 1 unspecified atom stereocenters. The van der Waals surface area contributed by atoms with E-state index in [0.717, 1.165) is 17.2 Å². The molecule has 1 saturated heterocycles. The van der Waals surface area contributed by atoms with E-state index in [1.165, 1.54) is 10.4 Å². The molecule has 30 heavy (non-hydrogen) atoms. The summed E-state index contributed by atoms with van der Waals surface area (Å²) in [6.07, 6.45) is 0. The van der Waals surface area contributed by atoms with Gasteiger partial charge in [-0.2, -0.15) is 4.31 Å². The fourth-order valence-corrected chi connectivity index (χ4v) is 4.86. The highest BCUT2D eigenvalue weighted by Crippen LogP contribution is 2.21. The zero-order chi connectivity index (χ0) is 22.1. The van der Waals surface area contributed by atoms with Gasteiger partial charge in [-0.3, -0.25) is 9.69 Å². The minimum Gasteiger partial charge on any atom is -0.322 e. The van der Waals surface area contributed by atoms with Gasteiger partial charge in [0.2, 0.25) is 15.9 Å². The third-order valence-corrected chi connectivity index (χ3v) is 7.40. The Morgan fingerprint density at radius 2 is 1.67 bits per heavy atom. The highest BCUT2D eigenvalue weighted by molar-refractivity contribution is 7.89. The standard InChI is InChI=1S/C21H25F2N3O3S/c1-14-4-6-18(12-15(14)2)30(28,29)26-10-8-25(9-11-26)16(3)21(27)24-20-7-5-17(22)13-19(20)23/h4-7,12-13,16H,8-11H2,1-3H3,(H,24,27). The lowest BCUT2D eigenvalue weighted by molar-refractivity contribution is -0.121. The average Bonchev–Trinajstić information content (AvgIpc) is 2.71. The maximum Gasteiger partial charge on any atom is 0.243 e. The molecular weight excluding hydrogens is 412 g/mol. The molecule has 1 fully saturated rings. The van der Waals surface area contributed by atoms with Gasteiger partial charge in [-0.05, 0) is 56.2 Å². The molecule has 1 heterocycles. The minimum atomic E-state index is -3.61. The van der Waals surface area contributed by atoms with Crippen LogP contribution in [0.2, 0.25) is 0 Å². The molecule has 9 heteroatoms. The first-order valence-corrected chi connectivity index (χ1v) is 11.1. The zero-order valence-electron chi connectivity index (χ0n) is 17.2. The van der Waals surface area contributed by atoms with Crippen LogP contribution in [0.1, 0.15) is 18.1 Å². The van der Waals surface area contributed by atoms with Gasteiger partial charge in [0.25, 0.3) is 0 Å². The highest BCUT2D eigenvalue weighted by Gasteiger charge is 2.32. The quantitative estimate of drug-likeness (QED) is 0.781. The summed E-state index contributed by atoms with van der Waals surface area (Å²) >= 11 is 0. The topological polar surface area (TPSA) is 69.7 Å². The van der Waals surface area contributed by atoms with Crippen LogP contribution in [0.5, 0.6) is 0 Å². The van der Waals surface area contributed by atoms with E-state index in [1.54, 1.807) is 25.1 Å². The molecule has 1 aliphatic heterocycles. The Hall–Kier alpha value is -2.36. The number of nitrogens with zero attached hydrogens (tertiary/aromatic N) is 2. The van der Waals surface area contributed by atoms with Crippen molar-refractivity contribution in [1.82, 2.24) is 9.21 Å². The molecule has 6 nitrogen and oxygen atoms in total. The van der Waals surface area contributed by atoms with Crippen molar-refractivity contribution in [3.05, 3.63) is 59.2 Å². The lowest BCUT2D eigenvalue weighted by Crippen LogP contribution is -2.53. The van der Waals surface area contributed by atoms with E-state index >= 15 is 0 Å². The Kier molecular flexibility index (Phi) is 6.54. The number of halogens is 2. The molecule has 1 amide bonds. The van der Waals surface area contributed by atoms with Crippen LogP contribution in [0.15, 0.2) is 41.3 Å². The molecule has 0 aromatic heterocycles. The number of hydrogen-bond donors (Lipinski definition) is 1. The number of hydrogen-bond acceptors (Lipinski definition) is 4. The number of benzene rings is 2. The second-order valence-electron chi connectivity index (χ2n) is 7.48. The molecule has 162 valence electrons. The zero-order valence-corrected chi connectivity index (χ0v) is 18.0. The molecule has 0 saturated carbocycles. The molecule has 1 aliphatic rings. The third kappa shape index (κ3) is 4.69. The molecule has 2 aromatic rings. The number of amides is 1. The van der Waals surface area contributed by atoms with Crippen LogP contribution >= 0.6 is 0 Å². The summed E-state index contributed by atoms with van der Waals surface area (Å²) in [6.45, 7) is 6.69. The number of anilines is 1. The predicted molar refractivity (Wildman–Crippen MR) is 111 cm³/mol. The number of aryl methyl sites for hydroxylation is 2. The Bertz CT molecular complexity index is 1050. The number of piperazine rings is 1. The smallest absolute Gasteiger partial charge is 0.243 e. The van der Waals surface area contributed by atoms with E-state index in [4.69, 9.17) is 0 Å². The van der Waals surface area contributed by atoms with E-state index in [2.05, 4.69) is 5.32 Å². The number of carbonyl (C=O) groups is 1. The maximum atomic E-state index is 13.8. The predicted octanol–water partition coefficient (Wildman–Crippen LogP) is 2.92. The van der Waals surface area contributed by atoms with Crippen LogP contribution < -0.4 is 5.32 Å². The van der Waals surface area contributed by atoms with Gasteiger partial charge in [0, 0.05) is 32.2 Å². The fraction of sp³-hybridized carbons (Fsp3) is 0.381. The normalized spacial score (nSPS) is 17.0. The van der Waals surface area contributed by atoms with Crippen molar-refractivity contribution < 1.29 is 22.0 Å². The summed E-state index contributed by atoms with van der Waals surface area (Å²) < 4.78 is 54.0. The summed E-state index contributed by atoms with van der Waals surface area (Å²) in [7, 11) is -3.61. The number of carbonyl (C=O) groups excluding carboxylic acids is 1. The Morgan fingerprint density at radius 3 is 2.27 bits per heavy atom. The van der Waals surface area contributed by atoms with Crippen molar-refractivity contribution in [3.63, 3.8) is 0 Å². The summed E-state index contributed by atoms with van der Waals surface area (Å²) in [5, 5.41) is 2.46. The lowest BCUT2D eigenvalue weighted by atomic mass is 10.1. The minimum absolute atomic E-state index is 0.0933. The maximum absolute atomic E-state index is 13.8. The van der Waals surface area contributed by atoms with Crippen LogP contribution in [-0.2, 0) is 14.8 Å². The van der Waals surface area contributed by atoms with Crippen LogP contribution in [0.25, 0.3) is 0 Å². The van der Waals surface area contributed by atoms with Gasteiger partial charge in [0.1, 0.15) is 11.6 Å². The van der Waals surface area contributed by atoms with Crippen molar-refractivity contribution in [2.24, 2.45) is 0 Å². The monoisotopic (exact) mass is 437 g/mol. The van der Waals surface area contributed by atoms with Crippen molar-refractivity contribution in [2.75, 3.05) is 31.5 Å². The fourth-order valence-electron chi connectivity index (χ4n) is 3.35. The SMILES string of the molecule is Cc1ccc(S(=O)(=O)N2CCN(C(C)C(=O)Nc3ccc(F)cc3F)CC2)cc1C. The van der Waals surface area contributed by atoms with E-state index in [0.29, 0.717) is 19.2 Å². The molecule has 1 atom stereocenters. The summed E-state index contributed by atoms with van der Waals surface area (Å²) in [5.41, 5.74) is 1.84. The van der Waals surface area contributed by atoms with E-state index < -0.39 is 33.6 Å². The van der Waals surface area contributed by atoms with Gasteiger partial charge in [0.15, 0.2) is 0 Å². The van der Waals surface area contributed by atoms with Crippen LogP contribution in [0.4, 0.5) is 14.5 Å². The number of rotatable bonds is 5. The molecule has 1 N–H and O–H groups in total. The van der Waals surface area contributed by atoms with Gasteiger partial charge in [-0.1, -0.05) is 6.07 Å². The van der Waals surface area contributed by atoms with E-state index in [-0.39, 0.29) is 23.7 Å². The van der Waals surface area contributed by atoms with Crippen molar-refractivity contribution in [1.29, 1.82) is 0 Å². The molecule has 3 rings (SSSR count). The number of nitrogens with one attached hydrogen (secondary N) is 1. The van der Waals surface area contributed by atoms with Crippen molar-refractivity contribution in [2.45, 2.75) is 31.7 Å². The summed E-state index contributed by atoms with van der Waals surface area (Å²) in [5.74, 6) is -2.01. The van der Waals surface area contributed by atoms with Crippen molar-refractivity contribution in [3.8, 4) is 0 Å². The highest BCUT2D eigenvalue weighted by atomic mass is 32.2. The third-order valence-electron chi connectivity index (χ3n) is 5.51. The van der Waals surface area contributed by atoms with Crippen LogP contribution in [0, 0.1) is 25.5 Å². The molecule has 0 spiro atoms. The van der Waals surface area contributed by atoms with Gasteiger partial charge in [-0.25, -0.2) is 17.2 Å². The first-order chi connectivity index (χ1) is 14.1. The first-order valence-electron chi connectivity index (χ1n) is 9.67. The second kappa shape index (κ2) is 8.79. The van der Waals surface area contributed by atoms with E-state index in [9.17, 15) is 22.0 Å². The van der Waals surface area contributed by atoms with Crippen LogP contribution in [-0.4, -0.2) is 55.8 Å². The molecule has 0 radical (unpaired) electrons. The first kappa shape index (κ1) is 22.3. The Labute approximate surface area is 175 Å². The second-order valence-corrected chi connectivity index (χ2v) is 9.41. The van der Waals surface area contributed by atoms with Gasteiger partial charge in [0.05, 0.1) is 16.6 Å². The Morgan fingerprint density at radius 1 is 1.00 bits per heavy atom. The number of sulfonamides is 1. The van der Waals surface area contributed by atoms with E-state index in [1.807, 2.05) is 18.7 Å². The Balaban J connectivity index is 1.62. The summed E-state index contributed by atoms with van der Waals surface area (Å²) in [6, 6.07) is 7.42.